The molecule has 1 amide bonds. The van der Waals surface area contributed by atoms with Crippen LogP contribution in [-0.4, -0.2) is 70.7 Å². The quantitative estimate of drug-likeness (QED) is 0.836. The summed E-state index contributed by atoms with van der Waals surface area (Å²) in [6.07, 6.45) is 6.66. The fourth-order valence-corrected chi connectivity index (χ4v) is 3.23. The average Bonchev–Trinajstić information content (AvgIpc) is 2.87. The lowest BCUT2D eigenvalue weighted by Crippen LogP contribution is -2.36. The fraction of sp³-hybridized carbons (Fsp3) is 0.500. The van der Waals surface area contributed by atoms with Crippen LogP contribution in [0.15, 0.2) is 30.7 Å². The van der Waals surface area contributed by atoms with Crippen LogP contribution in [0.25, 0.3) is 0 Å². The molecule has 7 heteroatoms. The van der Waals surface area contributed by atoms with Gasteiger partial charge in [-0.2, -0.15) is 5.10 Å². The van der Waals surface area contributed by atoms with Crippen molar-refractivity contribution in [3.8, 4) is 0 Å². The lowest BCUT2D eigenvalue weighted by molar-refractivity contribution is 0.0761. The van der Waals surface area contributed by atoms with Crippen LogP contribution in [-0.2, 0) is 13.6 Å². The summed E-state index contributed by atoms with van der Waals surface area (Å²) in [7, 11) is 5.76. The van der Waals surface area contributed by atoms with Gasteiger partial charge in [0.25, 0.3) is 5.91 Å². The Morgan fingerprint density at radius 1 is 1.24 bits per heavy atom. The van der Waals surface area contributed by atoms with Crippen LogP contribution in [0.5, 0.6) is 0 Å². The third-order valence-corrected chi connectivity index (χ3v) is 4.48. The largest absolute Gasteiger partial charge is 0.362 e. The molecule has 0 unspecified atom stereocenters. The van der Waals surface area contributed by atoms with Crippen LogP contribution in [0.2, 0.25) is 0 Å². The third-order valence-electron chi connectivity index (χ3n) is 4.48. The van der Waals surface area contributed by atoms with Crippen molar-refractivity contribution < 1.29 is 4.79 Å². The molecule has 0 N–H and O–H groups in total. The van der Waals surface area contributed by atoms with Crippen LogP contribution < -0.4 is 4.90 Å². The van der Waals surface area contributed by atoms with Gasteiger partial charge in [0.05, 0.1) is 11.8 Å². The SMILES string of the molecule is CN(C)c1ncccc1C(=O)N1CCCN(Cc2cnn(C)c2)CC1. The van der Waals surface area contributed by atoms with Crippen molar-refractivity contribution in [3.05, 3.63) is 41.9 Å². The first-order chi connectivity index (χ1) is 12.0. The van der Waals surface area contributed by atoms with Crippen molar-refractivity contribution in [2.24, 2.45) is 7.05 Å². The van der Waals surface area contributed by atoms with E-state index in [0.29, 0.717) is 5.56 Å². The zero-order valence-electron chi connectivity index (χ0n) is 15.2. The van der Waals surface area contributed by atoms with Crippen molar-refractivity contribution in [1.29, 1.82) is 0 Å². The second kappa shape index (κ2) is 7.65. The van der Waals surface area contributed by atoms with Crippen LogP contribution >= 0.6 is 0 Å². The lowest BCUT2D eigenvalue weighted by Gasteiger charge is -2.23. The Balaban J connectivity index is 1.65. The van der Waals surface area contributed by atoms with Gasteiger partial charge in [-0.1, -0.05) is 0 Å². The molecule has 1 aliphatic rings. The van der Waals surface area contributed by atoms with Gasteiger partial charge in [0.1, 0.15) is 5.82 Å². The highest BCUT2D eigenvalue weighted by Gasteiger charge is 2.23. The molecule has 0 atom stereocenters. The van der Waals surface area contributed by atoms with E-state index in [1.807, 2.05) is 60.2 Å². The van der Waals surface area contributed by atoms with E-state index < -0.39 is 0 Å². The minimum Gasteiger partial charge on any atom is -0.362 e. The van der Waals surface area contributed by atoms with E-state index >= 15 is 0 Å². The van der Waals surface area contributed by atoms with E-state index in [9.17, 15) is 4.79 Å². The Labute approximate surface area is 148 Å². The molecule has 134 valence electrons. The van der Waals surface area contributed by atoms with Crippen LogP contribution in [0.3, 0.4) is 0 Å². The maximum atomic E-state index is 13.0. The predicted molar refractivity (Wildman–Crippen MR) is 97.6 cm³/mol. The van der Waals surface area contributed by atoms with Gasteiger partial charge < -0.3 is 9.80 Å². The molecule has 3 rings (SSSR count). The van der Waals surface area contributed by atoms with Crippen molar-refractivity contribution >= 4 is 11.7 Å². The molecule has 1 saturated heterocycles. The first kappa shape index (κ1) is 17.4. The summed E-state index contributed by atoms with van der Waals surface area (Å²) < 4.78 is 1.83. The summed E-state index contributed by atoms with van der Waals surface area (Å²) in [5.41, 5.74) is 1.89. The van der Waals surface area contributed by atoms with E-state index in [-0.39, 0.29) is 5.91 Å². The summed E-state index contributed by atoms with van der Waals surface area (Å²) in [4.78, 5) is 23.6. The van der Waals surface area contributed by atoms with Gasteiger partial charge in [0.15, 0.2) is 0 Å². The number of nitrogens with zero attached hydrogens (tertiary/aromatic N) is 6. The van der Waals surface area contributed by atoms with E-state index in [1.165, 1.54) is 5.56 Å². The zero-order chi connectivity index (χ0) is 17.8. The van der Waals surface area contributed by atoms with Gasteiger partial charge in [-0.05, 0) is 18.6 Å². The monoisotopic (exact) mass is 342 g/mol. The molecule has 1 fully saturated rings. The Hall–Kier alpha value is -2.41. The molecule has 2 aromatic heterocycles. The Morgan fingerprint density at radius 3 is 2.80 bits per heavy atom. The molecule has 7 nitrogen and oxygen atoms in total. The van der Waals surface area contributed by atoms with Crippen molar-refractivity contribution in [2.45, 2.75) is 13.0 Å². The number of carbonyl (C=O) groups is 1. The van der Waals surface area contributed by atoms with Gasteiger partial charge >= 0.3 is 0 Å². The molecule has 0 aliphatic carbocycles. The van der Waals surface area contributed by atoms with Gasteiger partial charge in [0, 0.05) is 71.8 Å². The van der Waals surface area contributed by atoms with Gasteiger partial charge in [-0.15, -0.1) is 0 Å². The number of rotatable bonds is 4. The normalized spacial score (nSPS) is 15.9. The first-order valence-corrected chi connectivity index (χ1v) is 8.66. The molecule has 25 heavy (non-hydrogen) atoms. The highest BCUT2D eigenvalue weighted by molar-refractivity contribution is 5.98. The number of amides is 1. The zero-order valence-corrected chi connectivity index (χ0v) is 15.2. The van der Waals surface area contributed by atoms with Crippen LogP contribution in [0.4, 0.5) is 5.82 Å². The van der Waals surface area contributed by atoms with Gasteiger partial charge in [0.2, 0.25) is 0 Å². The second-order valence-corrected chi connectivity index (χ2v) is 6.71. The number of anilines is 1. The number of carbonyl (C=O) groups excluding carboxylic acids is 1. The summed E-state index contributed by atoms with van der Waals surface area (Å²) in [5, 5.41) is 4.23. The summed E-state index contributed by atoms with van der Waals surface area (Å²) >= 11 is 0. The molecule has 1 aliphatic heterocycles. The Bertz CT molecular complexity index is 726. The number of hydrogen-bond acceptors (Lipinski definition) is 5. The summed E-state index contributed by atoms with van der Waals surface area (Å²) in [5.74, 6) is 0.795. The number of aromatic nitrogens is 3. The smallest absolute Gasteiger partial charge is 0.257 e. The minimum absolute atomic E-state index is 0.0695. The second-order valence-electron chi connectivity index (χ2n) is 6.71. The van der Waals surface area contributed by atoms with E-state index in [1.54, 1.807) is 6.20 Å². The fourth-order valence-electron chi connectivity index (χ4n) is 3.23. The highest BCUT2D eigenvalue weighted by Crippen LogP contribution is 2.18. The number of pyridine rings is 1. The molecule has 0 saturated carbocycles. The Kier molecular flexibility index (Phi) is 5.33. The van der Waals surface area contributed by atoms with Crippen molar-refractivity contribution in [2.75, 3.05) is 45.2 Å². The lowest BCUT2D eigenvalue weighted by atomic mass is 10.2. The first-order valence-electron chi connectivity index (χ1n) is 8.66. The van der Waals surface area contributed by atoms with E-state index in [0.717, 1.165) is 45.0 Å². The molecule has 0 radical (unpaired) electrons. The molecule has 2 aromatic rings. The number of aryl methyl sites for hydroxylation is 1. The standard InChI is InChI=1S/C18H26N6O/c1-21(2)17-16(6-4-7-19-17)18(25)24-9-5-8-23(10-11-24)14-15-12-20-22(3)13-15/h4,6-7,12-13H,5,8-11,14H2,1-3H3. The highest BCUT2D eigenvalue weighted by atomic mass is 16.2. The van der Waals surface area contributed by atoms with Gasteiger partial charge in [-0.25, -0.2) is 4.98 Å². The maximum absolute atomic E-state index is 13.0. The van der Waals surface area contributed by atoms with E-state index in [4.69, 9.17) is 0 Å². The topological polar surface area (TPSA) is 57.5 Å². The number of hydrogen-bond donors (Lipinski definition) is 0. The predicted octanol–water partition coefficient (Wildman–Crippen LogP) is 1.23. The minimum atomic E-state index is 0.0695. The van der Waals surface area contributed by atoms with Crippen LogP contribution in [0.1, 0.15) is 22.3 Å². The molecule has 0 aromatic carbocycles. The summed E-state index contributed by atoms with van der Waals surface area (Å²) in [6.45, 7) is 4.27. The molecular weight excluding hydrogens is 316 g/mol. The van der Waals surface area contributed by atoms with E-state index in [2.05, 4.69) is 15.0 Å². The molecule has 0 bridgehead atoms. The van der Waals surface area contributed by atoms with Crippen molar-refractivity contribution in [3.63, 3.8) is 0 Å². The third kappa shape index (κ3) is 4.17. The Morgan fingerprint density at radius 2 is 2.08 bits per heavy atom. The maximum Gasteiger partial charge on any atom is 0.257 e. The molecular formula is C18H26N6O. The van der Waals surface area contributed by atoms with Crippen LogP contribution in [0, 0.1) is 0 Å². The van der Waals surface area contributed by atoms with Gasteiger partial charge in [-0.3, -0.25) is 14.4 Å². The molecule has 3 heterocycles. The molecule has 0 spiro atoms. The average molecular weight is 342 g/mol. The summed E-state index contributed by atoms with van der Waals surface area (Å²) in [6, 6.07) is 3.69. The van der Waals surface area contributed by atoms with Crippen molar-refractivity contribution in [1.82, 2.24) is 24.6 Å².